The minimum absolute atomic E-state index is 0.0407. The fourth-order valence-electron chi connectivity index (χ4n) is 2.45. The second-order valence-electron chi connectivity index (χ2n) is 5.19. The van der Waals surface area contributed by atoms with E-state index in [1.54, 1.807) is 0 Å². The molecule has 0 amide bonds. The van der Waals surface area contributed by atoms with Gasteiger partial charge in [-0.1, -0.05) is 6.92 Å². The van der Waals surface area contributed by atoms with Gasteiger partial charge in [-0.15, -0.1) is 0 Å². The second-order valence-corrected chi connectivity index (χ2v) is 7.72. The zero-order chi connectivity index (χ0) is 14.9. The van der Waals surface area contributed by atoms with Gasteiger partial charge in [-0.3, -0.25) is 0 Å². The summed E-state index contributed by atoms with van der Waals surface area (Å²) in [4.78, 5) is 10.9. The third-order valence-electron chi connectivity index (χ3n) is 3.48. The minimum Gasteiger partial charge on any atom is -0.478 e. The van der Waals surface area contributed by atoms with E-state index in [1.165, 1.54) is 18.2 Å². The van der Waals surface area contributed by atoms with Crippen LogP contribution in [0.25, 0.3) is 0 Å². The van der Waals surface area contributed by atoms with Crippen molar-refractivity contribution in [2.24, 2.45) is 5.92 Å². The molecule has 1 aromatic rings. The van der Waals surface area contributed by atoms with E-state index < -0.39 is 16.0 Å². The van der Waals surface area contributed by atoms with E-state index in [9.17, 15) is 13.2 Å². The van der Waals surface area contributed by atoms with Crippen LogP contribution in [0.3, 0.4) is 0 Å². The molecule has 0 aromatic heterocycles. The second kappa shape index (κ2) is 5.83. The lowest BCUT2D eigenvalue weighted by Crippen LogP contribution is -2.33. The molecule has 0 radical (unpaired) electrons. The van der Waals surface area contributed by atoms with Gasteiger partial charge in [-0.25, -0.2) is 17.9 Å². The Kier molecular flexibility index (Phi) is 4.51. The van der Waals surface area contributed by atoms with E-state index in [-0.39, 0.29) is 21.0 Å². The lowest BCUT2D eigenvalue weighted by atomic mass is 10.1. The Morgan fingerprint density at radius 2 is 2.10 bits per heavy atom. The number of hydrogen-bond donors (Lipinski definition) is 2. The van der Waals surface area contributed by atoms with Gasteiger partial charge in [0.25, 0.3) is 0 Å². The maximum Gasteiger partial charge on any atom is 0.335 e. The molecule has 1 aromatic carbocycles. The molecular weight excluding hydrogens is 346 g/mol. The molecule has 2 rings (SSSR count). The molecule has 1 fully saturated rings. The molecule has 2 unspecified atom stereocenters. The minimum atomic E-state index is -3.63. The number of sulfonamides is 1. The summed E-state index contributed by atoms with van der Waals surface area (Å²) in [5, 5.41) is 8.88. The van der Waals surface area contributed by atoms with Gasteiger partial charge < -0.3 is 5.11 Å². The topological polar surface area (TPSA) is 83.5 Å². The number of halogens is 1. The van der Waals surface area contributed by atoms with E-state index in [0.717, 1.165) is 19.3 Å². The molecule has 0 bridgehead atoms. The number of rotatable bonds is 4. The molecule has 2 N–H and O–H groups in total. The predicted octanol–water partition coefficient (Wildman–Crippen LogP) is 2.61. The van der Waals surface area contributed by atoms with Crippen molar-refractivity contribution in [2.45, 2.75) is 37.1 Å². The molecule has 0 spiro atoms. The zero-order valence-corrected chi connectivity index (χ0v) is 13.4. The third-order valence-corrected chi connectivity index (χ3v) is 5.98. The van der Waals surface area contributed by atoms with Crippen molar-refractivity contribution in [2.75, 3.05) is 0 Å². The molecule has 1 aliphatic rings. The number of hydrogen-bond acceptors (Lipinski definition) is 3. The highest BCUT2D eigenvalue weighted by molar-refractivity contribution is 9.10. The molecule has 0 saturated heterocycles. The molecular formula is C13H16BrNO4S. The van der Waals surface area contributed by atoms with Gasteiger partial charge in [-0.05, 0) is 59.3 Å². The van der Waals surface area contributed by atoms with Gasteiger partial charge in [0.1, 0.15) is 0 Å². The average molecular weight is 362 g/mol. The van der Waals surface area contributed by atoms with E-state index in [0.29, 0.717) is 5.92 Å². The standard InChI is InChI=1S/C13H16BrNO4S/c1-8-2-4-10(6-8)15-20(18,19)12-5-3-9(13(16)17)7-11(12)14/h3,5,7-8,10,15H,2,4,6H2,1H3,(H,16,17). The van der Waals surface area contributed by atoms with Crippen molar-refractivity contribution in [3.05, 3.63) is 28.2 Å². The summed E-state index contributed by atoms with van der Waals surface area (Å²) in [6.45, 7) is 2.10. The Balaban J connectivity index is 2.23. The molecule has 5 nitrogen and oxygen atoms in total. The zero-order valence-electron chi connectivity index (χ0n) is 11.0. The highest BCUT2D eigenvalue weighted by Crippen LogP contribution is 2.28. The van der Waals surface area contributed by atoms with Crippen molar-refractivity contribution < 1.29 is 18.3 Å². The van der Waals surface area contributed by atoms with Crippen LogP contribution >= 0.6 is 15.9 Å². The van der Waals surface area contributed by atoms with E-state index in [2.05, 4.69) is 27.6 Å². The van der Waals surface area contributed by atoms with Crippen molar-refractivity contribution in [3.63, 3.8) is 0 Å². The summed E-state index contributed by atoms with van der Waals surface area (Å²) in [7, 11) is -3.63. The fraction of sp³-hybridized carbons (Fsp3) is 0.462. The van der Waals surface area contributed by atoms with Crippen LogP contribution in [0.5, 0.6) is 0 Å². The van der Waals surface area contributed by atoms with Crippen molar-refractivity contribution in [1.29, 1.82) is 0 Å². The molecule has 7 heteroatoms. The maximum atomic E-state index is 12.3. The first kappa shape index (κ1) is 15.5. The summed E-state index contributed by atoms with van der Waals surface area (Å²) in [6.07, 6.45) is 2.70. The van der Waals surface area contributed by atoms with Gasteiger partial charge in [0, 0.05) is 10.5 Å². The summed E-state index contributed by atoms with van der Waals surface area (Å²) in [5.74, 6) is -0.562. The number of benzene rings is 1. The van der Waals surface area contributed by atoms with Gasteiger partial charge >= 0.3 is 5.97 Å². The maximum absolute atomic E-state index is 12.3. The molecule has 110 valence electrons. The van der Waals surface area contributed by atoms with Crippen LogP contribution in [0.1, 0.15) is 36.5 Å². The van der Waals surface area contributed by atoms with E-state index in [4.69, 9.17) is 5.11 Å². The van der Waals surface area contributed by atoms with Gasteiger partial charge in [0.15, 0.2) is 0 Å². The first-order chi connectivity index (χ1) is 9.29. The first-order valence-electron chi connectivity index (χ1n) is 6.35. The lowest BCUT2D eigenvalue weighted by molar-refractivity contribution is 0.0696. The molecule has 1 saturated carbocycles. The number of aromatic carboxylic acids is 1. The Hall–Kier alpha value is -0.920. The SMILES string of the molecule is CC1CCC(NS(=O)(=O)c2ccc(C(=O)O)cc2Br)C1. The Morgan fingerprint density at radius 3 is 2.60 bits per heavy atom. The molecule has 0 heterocycles. The summed E-state index contributed by atoms with van der Waals surface area (Å²) in [6, 6.07) is 3.86. The normalized spacial score (nSPS) is 22.9. The largest absolute Gasteiger partial charge is 0.478 e. The van der Waals surface area contributed by atoms with Crippen molar-refractivity contribution in [3.8, 4) is 0 Å². The van der Waals surface area contributed by atoms with E-state index >= 15 is 0 Å². The molecule has 0 aliphatic heterocycles. The van der Waals surface area contributed by atoms with Gasteiger partial charge in [-0.2, -0.15) is 0 Å². The van der Waals surface area contributed by atoms with Crippen LogP contribution in [-0.4, -0.2) is 25.5 Å². The van der Waals surface area contributed by atoms with Crippen LogP contribution in [-0.2, 0) is 10.0 Å². The van der Waals surface area contributed by atoms with Crippen molar-refractivity contribution in [1.82, 2.24) is 4.72 Å². The lowest BCUT2D eigenvalue weighted by Gasteiger charge is -2.14. The molecule has 2 atom stereocenters. The van der Waals surface area contributed by atoms with Crippen LogP contribution in [0.15, 0.2) is 27.6 Å². The highest BCUT2D eigenvalue weighted by Gasteiger charge is 2.27. The molecule has 1 aliphatic carbocycles. The number of nitrogens with one attached hydrogen (secondary N) is 1. The van der Waals surface area contributed by atoms with Crippen LogP contribution in [0.4, 0.5) is 0 Å². The Morgan fingerprint density at radius 1 is 1.40 bits per heavy atom. The Bertz CT molecular complexity index is 629. The fourth-order valence-corrected chi connectivity index (χ4v) is 4.81. The van der Waals surface area contributed by atoms with Crippen LogP contribution < -0.4 is 4.72 Å². The monoisotopic (exact) mass is 361 g/mol. The number of carbonyl (C=O) groups is 1. The summed E-state index contributed by atoms with van der Waals surface area (Å²) in [5.41, 5.74) is 0.0466. The summed E-state index contributed by atoms with van der Waals surface area (Å²) >= 11 is 3.13. The Labute approximate surface area is 126 Å². The highest BCUT2D eigenvalue weighted by atomic mass is 79.9. The first-order valence-corrected chi connectivity index (χ1v) is 8.62. The average Bonchev–Trinajstić information content (AvgIpc) is 2.73. The predicted molar refractivity (Wildman–Crippen MR) is 78.2 cm³/mol. The number of carboxylic acid groups (broad SMARTS) is 1. The molecule has 20 heavy (non-hydrogen) atoms. The van der Waals surface area contributed by atoms with E-state index in [1.807, 2.05) is 0 Å². The quantitative estimate of drug-likeness (QED) is 0.863. The van der Waals surface area contributed by atoms with Crippen LogP contribution in [0.2, 0.25) is 0 Å². The third kappa shape index (κ3) is 3.39. The number of carboxylic acids is 1. The van der Waals surface area contributed by atoms with Crippen molar-refractivity contribution >= 4 is 31.9 Å². The van der Waals surface area contributed by atoms with Gasteiger partial charge in [0.05, 0.1) is 10.5 Å². The smallest absolute Gasteiger partial charge is 0.335 e. The van der Waals surface area contributed by atoms with Gasteiger partial charge in [0.2, 0.25) is 10.0 Å². The summed E-state index contributed by atoms with van der Waals surface area (Å²) < 4.78 is 27.6. The van der Waals surface area contributed by atoms with Crippen LogP contribution in [0, 0.1) is 5.92 Å².